The number of carbonyl (C=O) groups is 1. The van der Waals surface area contributed by atoms with Gasteiger partial charge in [-0.3, -0.25) is 10.2 Å². The summed E-state index contributed by atoms with van der Waals surface area (Å²) in [7, 11) is 0. The van der Waals surface area contributed by atoms with Gasteiger partial charge in [-0.1, -0.05) is 42.5 Å². The number of phenolic OH excluding ortho intramolecular Hbond substituents is 1. The van der Waals surface area contributed by atoms with E-state index in [0.717, 1.165) is 16.3 Å². The molecule has 2 aromatic rings. The summed E-state index contributed by atoms with van der Waals surface area (Å²) in [6, 6.07) is 11.4. The molecule has 0 radical (unpaired) electrons. The zero-order valence-electron chi connectivity index (χ0n) is 10.5. The summed E-state index contributed by atoms with van der Waals surface area (Å²) in [6.07, 6.45) is 4.60. The Kier molecular flexibility index (Phi) is 4.15. The van der Waals surface area contributed by atoms with Gasteiger partial charge in [-0.25, -0.2) is 5.84 Å². The average Bonchev–Trinajstić information content (AvgIpc) is 2.45. The number of phenols is 1. The van der Waals surface area contributed by atoms with Crippen LogP contribution >= 0.6 is 0 Å². The molecule has 98 valence electrons. The Hall–Kier alpha value is -2.33. The van der Waals surface area contributed by atoms with Crippen molar-refractivity contribution in [2.24, 2.45) is 5.84 Å². The third-order valence-corrected chi connectivity index (χ3v) is 2.93. The third kappa shape index (κ3) is 3.11. The number of hydrogen-bond acceptors (Lipinski definition) is 3. The lowest BCUT2D eigenvalue weighted by Gasteiger charge is -2.05. The van der Waals surface area contributed by atoms with Crippen molar-refractivity contribution in [3.05, 3.63) is 48.0 Å². The first-order valence-corrected chi connectivity index (χ1v) is 6.09. The summed E-state index contributed by atoms with van der Waals surface area (Å²) in [5.41, 5.74) is 2.85. The van der Waals surface area contributed by atoms with Gasteiger partial charge in [0.2, 0.25) is 5.91 Å². The van der Waals surface area contributed by atoms with Crippen LogP contribution in [0, 0.1) is 0 Å². The predicted octanol–water partition coefficient (Wildman–Crippen LogP) is 2.33. The van der Waals surface area contributed by atoms with E-state index in [1.807, 2.05) is 42.5 Å². The lowest BCUT2D eigenvalue weighted by Crippen LogP contribution is -2.29. The Morgan fingerprint density at radius 3 is 2.84 bits per heavy atom. The van der Waals surface area contributed by atoms with E-state index in [-0.39, 0.29) is 11.7 Å². The zero-order valence-corrected chi connectivity index (χ0v) is 10.5. The lowest BCUT2D eigenvalue weighted by atomic mass is 10.0. The summed E-state index contributed by atoms with van der Waals surface area (Å²) in [5.74, 6) is 5.03. The van der Waals surface area contributed by atoms with Gasteiger partial charge in [-0.05, 0) is 23.3 Å². The molecule has 0 atom stereocenters. The van der Waals surface area contributed by atoms with E-state index in [4.69, 9.17) is 5.84 Å². The number of nitrogens with one attached hydrogen (secondary N) is 1. The summed E-state index contributed by atoms with van der Waals surface area (Å²) in [6.45, 7) is 0. The maximum atomic E-state index is 11.0. The van der Waals surface area contributed by atoms with Crippen molar-refractivity contribution in [1.82, 2.24) is 5.43 Å². The number of carbonyl (C=O) groups excluding carboxylic acids is 1. The maximum Gasteiger partial charge on any atom is 0.234 e. The second-order valence-corrected chi connectivity index (χ2v) is 4.23. The van der Waals surface area contributed by atoms with Crippen LogP contribution in [0.25, 0.3) is 16.8 Å². The molecule has 0 aromatic heterocycles. The van der Waals surface area contributed by atoms with Crippen molar-refractivity contribution in [3.63, 3.8) is 0 Å². The molecule has 0 aliphatic heterocycles. The van der Waals surface area contributed by atoms with Gasteiger partial charge in [0, 0.05) is 12.0 Å². The van der Waals surface area contributed by atoms with Crippen LogP contribution in [-0.4, -0.2) is 11.0 Å². The highest BCUT2D eigenvalue weighted by Gasteiger charge is 2.03. The highest BCUT2D eigenvalue weighted by atomic mass is 16.3. The van der Waals surface area contributed by atoms with E-state index in [2.05, 4.69) is 5.43 Å². The Bertz CT molecular complexity index is 621. The van der Waals surface area contributed by atoms with Crippen LogP contribution in [0.4, 0.5) is 0 Å². The number of allylic oxidation sites excluding steroid dienone is 1. The van der Waals surface area contributed by atoms with Crippen LogP contribution in [0.3, 0.4) is 0 Å². The molecule has 4 nitrogen and oxygen atoms in total. The number of fused-ring (bicyclic) bond motifs is 1. The molecule has 0 aliphatic carbocycles. The smallest absolute Gasteiger partial charge is 0.234 e. The fourth-order valence-electron chi connectivity index (χ4n) is 1.95. The SMILES string of the molecule is NNC(=O)CC/C=C/c1c(O)ccc2ccccc12. The number of nitrogens with two attached hydrogens (primary N) is 1. The minimum atomic E-state index is -0.202. The van der Waals surface area contributed by atoms with E-state index in [9.17, 15) is 9.90 Å². The zero-order chi connectivity index (χ0) is 13.7. The number of aromatic hydroxyl groups is 1. The molecule has 0 bridgehead atoms. The predicted molar refractivity (Wildman–Crippen MR) is 76.2 cm³/mol. The molecule has 0 unspecified atom stereocenters. The Morgan fingerprint density at radius 2 is 2.05 bits per heavy atom. The summed E-state index contributed by atoms with van der Waals surface area (Å²) in [4.78, 5) is 11.0. The van der Waals surface area contributed by atoms with Gasteiger partial charge in [0.25, 0.3) is 0 Å². The second kappa shape index (κ2) is 6.02. The molecule has 2 aromatic carbocycles. The molecule has 19 heavy (non-hydrogen) atoms. The molecule has 0 heterocycles. The first kappa shape index (κ1) is 13.1. The minimum Gasteiger partial charge on any atom is -0.507 e. The lowest BCUT2D eigenvalue weighted by molar-refractivity contribution is -0.121. The van der Waals surface area contributed by atoms with Crippen LogP contribution in [0.5, 0.6) is 5.75 Å². The largest absolute Gasteiger partial charge is 0.507 e. The van der Waals surface area contributed by atoms with E-state index < -0.39 is 0 Å². The fraction of sp³-hybridized carbons (Fsp3) is 0.133. The Morgan fingerprint density at radius 1 is 1.26 bits per heavy atom. The second-order valence-electron chi connectivity index (χ2n) is 4.23. The monoisotopic (exact) mass is 256 g/mol. The summed E-state index contributed by atoms with van der Waals surface area (Å²) < 4.78 is 0. The third-order valence-electron chi connectivity index (χ3n) is 2.93. The number of hydrazine groups is 1. The van der Waals surface area contributed by atoms with Gasteiger partial charge in [-0.2, -0.15) is 0 Å². The molecular weight excluding hydrogens is 240 g/mol. The van der Waals surface area contributed by atoms with Crippen LogP contribution in [0.2, 0.25) is 0 Å². The first-order valence-electron chi connectivity index (χ1n) is 6.09. The molecule has 0 spiro atoms. The molecular formula is C15H16N2O2. The van der Waals surface area contributed by atoms with Gasteiger partial charge in [-0.15, -0.1) is 0 Å². The van der Waals surface area contributed by atoms with Crippen molar-refractivity contribution < 1.29 is 9.90 Å². The average molecular weight is 256 g/mol. The van der Waals surface area contributed by atoms with Gasteiger partial charge in [0.05, 0.1) is 0 Å². The summed E-state index contributed by atoms with van der Waals surface area (Å²) in [5, 5.41) is 12.0. The molecule has 0 saturated heterocycles. The van der Waals surface area contributed by atoms with E-state index in [0.29, 0.717) is 12.8 Å². The normalized spacial score (nSPS) is 11.0. The van der Waals surface area contributed by atoms with Gasteiger partial charge < -0.3 is 5.11 Å². The first-order chi connectivity index (χ1) is 9.22. The van der Waals surface area contributed by atoms with Gasteiger partial charge >= 0.3 is 0 Å². The highest BCUT2D eigenvalue weighted by Crippen LogP contribution is 2.28. The minimum absolute atomic E-state index is 0.202. The maximum absolute atomic E-state index is 11.0. The van der Waals surface area contributed by atoms with Crippen LogP contribution in [0.15, 0.2) is 42.5 Å². The number of rotatable bonds is 4. The van der Waals surface area contributed by atoms with Gasteiger partial charge in [0.15, 0.2) is 0 Å². The van der Waals surface area contributed by atoms with E-state index in [1.54, 1.807) is 6.07 Å². The number of amides is 1. The van der Waals surface area contributed by atoms with E-state index in [1.165, 1.54) is 0 Å². The topological polar surface area (TPSA) is 75.3 Å². The van der Waals surface area contributed by atoms with Crippen molar-refractivity contribution in [2.45, 2.75) is 12.8 Å². The Labute approximate surface area is 111 Å². The quantitative estimate of drug-likeness (QED) is 0.446. The standard InChI is InChI=1S/C15H16N2O2/c16-17-15(19)8-4-3-7-13-12-6-2-1-5-11(12)9-10-14(13)18/h1-3,5-7,9-10,18H,4,8,16H2,(H,17,19)/b7-3+. The highest BCUT2D eigenvalue weighted by molar-refractivity contribution is 5.93. The fourth-order valence-corrected chi connectivity index (χ4v) is 1.95. The summed E-state index contributed by atoms with van der Waals surface area (Å²) >= 11 is 0. The van der Waals surface area contributed by atoms with Crippen molar-refractivity contribution >= 4 is 22.8 Å². The van der Waals surface area contributed by atoms with Crippen LogP contribution in [0.1, 0.15) is 18.4 Å². The molecule has 0 saturated carbocycles. The number of hydrogen-bond donors (Lipinski definition) is 3. The molecule has 0 fully saturated rings. The molecule has 0 aliphatic rings. The van der Waals surface area contributed by atoms with Crippen LogP contribution < -0.4 is 11.3 Å². The van der Waals surface area contributed by atoms with Crippen molar-refractivity contribution in [2.75, 3.05) is 0 Å². The van der Waals surface area contributed by atoms with Gasteiger partial charge in [0.1, 0.15) is 5.75 Å². The number of benzene rings is 2. The Balaban J connectivity index is 2.22. The molecule has 1 amide bonds. The van der Waals surface area contributed by atoms with Crippen molar-refractivity contribution in [1.29, 1.82) is 0 Å². The molecule has 4 heteroatoms. The van der Waals surface area contributed by atoms with E-state index >= 15 is 0 Å². The van der Waals surface area contributed by atoms with Crippen molar-refractivity contribution in [3.8, 4) is 5.75 Å². The van der Waals surface area contributed by atoms with Crippen LogP contribution in [-0.2, 0) is 4.79 Å². The molecule has 2 rings (SSSR count). The molecule has 4 N–H and O–H groups in total.